The van der Waals surface area contributed by atoms with Gasteiger partial charge in [-0.15, -0.1) is 0 Å². The average molecular weight is 795 g/mol. The lowest BCUT2D eigenvalue weighted by Gasteiger charge is -2.18. The Morgan fingerprint density at radius 1 is 0.368 bits per heavy atom. The zero-order valence-electron chi connectivity index (χ0n) is 37.1. The molecule has 0 radical (unpaired) electrons. The monoisotopic (exact) mass is 795 g/mol. The fourth-order valence-electron chi connectivity index (χ4n) is 6.21. The lowest BCUT2D eigenvalue weighted by atomic mass is 10.1. The molecule has 6 heteroatoms. The molecule has 326 valence electrons. The molecule has 0 bridgehead atoms. The van der Waals surface area contributed by atoms with Crippen LogP contribution in [-0.2, 0) is 28.6 Å². The summed E-state index contributed by atoms with van der Waals surface area (Å²) in [4.78, 5) is 37.7. The van der Waals surface area contributed by atoms with Gasteiger partial charge < -0.3 is 14.2 Å². The molecule has 0 fully saturated rings. The minimum Gasteiger partial charge on any atom is -0.462 e. The van der Waals surface area contributed by atoms with Gasteiger partial charge in [-0.05, 0) is 83.5 Å². The predicted octanol–water partition coefficient (Wildman–Crippen LogP) is 15.1. The standard InChI is InChI=1S/C51H86O6/c1-4-7-10-13-16-19-21-23-25-27-29-32-35-38-41-44-50(53)56-47-48(46-55-49(52)43-40-37-34-31-18-15-12-9-6-3)57-51(54)45-42-39-36-33-30-28-26-24-22-20-17-14-11-8-5-2/h7,10,13,16,19-23,25,31,34,48H,4-6,8-9,11-12,14-15,17-18,24,26-30,32-33,35-47H2,1-3H3/b10-7-,16-13-,21-19-,22-20-,25-23-,34-31-. The third kappa shape index (κ3) is 43.8. The zero-order valence-corrected chi connectivity index (χ0v) is 37.1. The van der Waals surface area contributed by atoms with Gasteiger partial charge in [0.15, 0.2) is 6.10 Å². The van der Waals surface area contributed by atoms with E-state index in [1.807, 2.05) is 24.3 Å². The minimum atomic E-state index is -0.796. The molecule has 0 aliphatic carbocycles. The van der Waals surface area contributed by atoms with Crippen molar-refractivity contribution in [3.63, 3.8) is 0 Å². The lowest BCUT2D eigenvalue weighted by Crippen LogP contribution is -2.30. The molecule has 57 heavy (non-hydrogen) atoms. The molecule has 0 spiro atoms. The second-order valence-corrected chi connectivity index (χ2v) is 15.4. The smallest absolute Gasteiger partial charge is 0.306 e. The number of carbonyl (C=O) groups excluding carboxylic acids is 3. The molecule has 0 saturated carbocycles. The Kier molecular flexibility index (Phi) is 43.0. The van der Waals surface area contributed by atoms with Crippen LogP contribution in [0.25, 0.3) is 0 Å². The SMILES string of the molecule is CC\C=C/C=C\C=C/C=C\CCCCCCCC(=O)OCC(COC(=O)CCC/C=C\CCCCCC)OC(=O)CCCCCCCCC/C=C\CCCCCC. The molecule has 6 nitrogen and oxygen atoms in total. The summed E-state index contributed by atoms with van der Waals surface area (Å²) in [7, 11) is 0. The molecule has 0 aliphatic heterocycles. The molecular formula is C51H86O6. The largest absolute Gasteiger partial charge is 0.462 e. The molecule has 0 aromatic heterocycles. The molecular weight excluding hydrogens is 709 g/mol. The highest BCUT2D eigenvalue weighted by Crippen LogP contribution is 2.13. The Balaban J connectivity index is 4.43. The summed E-state index contributed by atoms with van der Waals surface area (Å²) in [5.74, 6) is -0.965. The van der Waals surface area contributed by atoms with Gasteiger partial charge in [0.25, 0.3) is 0 Å². The molecule has 0 heterocycles. The molecule has 1 unspecified atom stereocenters. The summed E-state index contributed by atoms with van der Waals surface area (Å²) < 4.78 is 16.7. The first kappa shape index (κ1) is 53.9. The Labute approximate surface area is 351 Å². The molecule has 0 aromatic carbocycles. The van der Waals surface area contributed by atoms with Crippen LogP contribution in [-0.4, -0.2) is 37.2 Å². The summed E-state index contributed by atoms with van der Waals surface area (Å²) in [6.07, 6.45) is 56.0. The maximum absolute atomic E-state index is 12.7. The van der Waals surface area contributed by atoms with Crippen molar-refractivity contribution < 1.29 is 28.6 Å². The average Bonchev–Trinajstić information content (AvgIpc) is 3.21. The van der Waals surface area contributed by atoms with Gasteiger partial charge in [0, 0.05) is 19.3 Å². The van der Waals surface area contributed by atoms with E-state index in [9.17, 15) is 14.4 Å². The predicted molar refractivity (Wildman–Crippen MR) is 242 cm³/mol. The fourth-order valence-corrected chi connectivity index (χ4v) is 6.21. The zero-order chi connectivity index (χ0) is 41.5. The first-order chi connectivity index (χ1) is 28.0. The molecule has 0 aromatic rings. The highest BCUT2D eigenvalue weighted by Gasteiger charge is 2.19. The number of ether oxygens (including phenoxy) is 3. The highest BCUT2D eigenvalue weighted by atomic mass is 16.6. The Bertz CT molecular complexity index is 1100. The molecule has 0 rings (SSSR count). The van der Waals surface area contributed by atoms with Crippen LogP contribution in [0.3, 0.4) is 0 Å². The Morgan fingerprint density at radius 2 is 0.719 bits per heavy atom. The summed E-state index contributed by atoms with van der Waals surface area (Å²) in [5.41, 5.74) is 0. The van der Waals surface area contributed by atoms with Crippen LogP contribution < -0.4 is 0 Å². The number of unbranched alkanes of at least 4 members (excludes halogenated alkanes) is 21. The number of esters is 3. The molecule has 1 atom stereocenters. The van der Waals surface area contributed by atoms with Gasteiger partial charge >= 0.3 is 17.9 Å². The minimum absolute atomic E-state index is 0.0985. The number of allylic oxidation sites excluding steroid dienone is 12. The van der Waals surface area contributed by atoms with Crippen LogP contribution in [0, 0.1) is 0 Å². The van der Waals surface area contributed by atoms with E-state index in [2.05, 4.69) is 69.4 Å². The third-order valence-corrected chi connectivity index (χ3v) is 9.76. The normalized spacial score (nSPS) is 12.7. The van der Waals surface area contributed by atoms with Gasteiger partial charge in [0.1, 0.15) is 13.2 Å². The molecule has 0 N–H and O–H groups in total. The van der Waals surface area contributed by atoms with Crippen molar-refractivity contribution in [2.45, 2.75) is 219 Å². The van der Waals surface area contributed by atoms with E-state index in [0.717, 1.165) is 77.0 Å². The lowest BCUT2D eigenvalue weighted by molar-refractivity contribution is -0.167. The van der Waals surface area contributed by atoms with Gasteiger partial charge in [0.2, 0.25) is 0 Å². The van der Waals surface area contributed by atoms with Gasteiger partial charge in [-0.2, -0.15) is 0 Å². The summed E-state index contributed by atoms with van der Waals surface area (Å²) >= 11 is 0. The summed E-state index contributed by atoms with van der Waals surface area (Å²) in [6, 6.07) is 0. The van der Waals surface area contributed by atoms with Crippen LogP contribution in [0.5, 0.6) is 0 Å². The van der Waals surface area contributed by atoms with Gasteiger partial charge in [-0.3, -0.25) is 14.4 Å². The fraction of sp³-hybridized carbons (Fsp3) is 0.706. The third-order valence-electron chi connectivity index (χ3n) is 9.76. The van der Waals surface area contributed by atoms with Gasteiger partial charge in [-0.25, -0.2) is 0 Å². The van der Waals surface area contributed by atoms with E-state index in [4.69, 9.17) is 14.2 Å². The van der Waals surface area contributed by atoms with Crippen molar-refractivity contribution in [3.05, 3.63) is 72.9 Å². The number of hydrogen-bond acceptors (Lipinski definition) is 6. The van der Waals surface area contributed by atoms with E-state index >= 15 is 0 Å². The number of hydrogen-bond donors (Lipinski definition) is 0. The van der Waals surface area contributed by atoms with E-state index < -0.39 is 6.10 Å². The van der Waals surface area contributed by atoms with Crippen LogP contribution in [0.4, 0.5) is 0 Å². The van der Waals surface area contributed by atoms with Crippen LogP contribution in [0.1, 0.15) is 213 Å². The molecule has 0 saturated heterocycles. The van der Waals surface area contributed by atoms with Crippen LogP contribution in [0.15, 0.2) is 72.9 Å². The topological polar surface area (TPSA) is 78.9 Å². The van der Waals surface area contributed by atoms with Crippen LogP contribution >= 0.6 is 0 Å². The van der Waals surface area contributed by atoms with E-state index in [0.29, 0.717) is 25.7 Å². The maximum Gasteiger partial charge on any atom is 0.306 e. The molecule has 0 aliphatic rings. The first-order valence-electron chi connectivity index (χ1n) is 23.5. The van der Waals surface area contributed by atoms with E-state index in [1.165, 1.54) is 89.9 Å². The van der Waals surface area contributed by atoms with Crippen molar-refractivity contribution in [2.75, 3.05) is 13.2 Å². The Hall–Kier alpha value is -3.15. The van der Waals surface area contributed by atoms with Crippen molar-refractivity contribution in [1.82, 2.24) is 0 Å². The number of rotatable bonds is 41. The van der Waals surface area contributed by atoms with Crippen molar-refractivity contribution in [1.29, 1.82) is 0 Å². The van der Waals surface area contributed by atoms with E-state index in [-0.39, 0.29) is 31.1 Å². The summed E-state index contributed by atoms with van der Waals surface area (Å²) in [5, 5.41) is 0. The van der Waals surface area contributed by atoms with Crippen molar-refractivity contribution >= 4 is 17.9 Å². The van der Waals surface area contributed by atoms with E-state index in [1.54, 1.807) is 0 Å². The molecule has 0 amide bonds. The van der Waals surface area contributed by atoms with Gasteiger partial charge in [-0.1, -0.05) is 184 Å². The Morgan fingerprint density at radius 3 is 1.19 bits per heavy atom. The quantitative estimate of drug-likeness (QED) is 0.0202. The van der Waals surface area contributed by atoms with Gasteiger partial charge in [0.05, 0.1) is 0 Å². The van der Waals surface area contributed by atoms with Crippen molar-refractivity contribution in [3.8, 4) is 0 Å². The second-order valence-electron chi connectivity index (χ2n) is 15.4. The first-order valence-corrected chi connectivity index (χ1v) is 23.5. The van der Waals surface area contributed by atoms with Crippen LogP contribution in [0.2, 0.25) is 0 Å². The second kappa shape index (κ2) is 45.6. The number of carbonyl (C=O) groups is 3. The van der Waals surface area contributed by atoms with Crippen molar-refractivity contribution in [2.24, 2.45) is 0 Å². The maximum atomic E-state index is 12.7. The summed E-state index contributed by atoms with van der Waals surface area (Å²) in [6.45, 7) is 6.39. The highest BCUT2D eigenvalue weighted by molar-refractivity contribution is 5.71.